The molecule has 0 amide bonds. The summed E-state index contributed by atoms with van der Waals surface area (Å²) in [6.07, 6.45) is 2.50. The second-order valence-corrected chi connectivity index (χ2v) is 2.62. The van der Waals surface area contributed by atoms with Crippen LogP contribution in [0.3, 0.4) is 0 Å². The zero-order valence-electron chi connectivity index (χ0n) is 9.79. The Labute approximate surface area is 119 Å². The molecule has 0 atom stereocenters. The third-order valence-electron chi connectivity index (χ3n) is 1.43. The van der Waals surface area contributed by atoms with Crippen LogP contribution in [0.25, 0.3) is 6.08 Å². The Bertz CT molecular complexity index is 359. The Hall–Kier alpha value is -1.24. The van der Waals surface area contributed by atoms with E-state index in [1.54, 1.807) is 0 Å². The van der Waals surface area contributed by atoms with Crippen molar-refractivity contribution in [3.63, 3.8) is 0 Å². The molecule has 0 aliphatic heterocycles. The molecule has 1 rings (SSSR count). The summed E-state index contributed by atoms with van der Waals surface area (Å²) in [6, 6.07) is 9.19. The molecule has 0 saturated heterocycles. The fourth-order valence-electron chi connectivity index (χ4n) is 0.770. The number of carboxylic acid groups (broad SMARTS) is 1. The largest absolute Gasteiger partial charge is 1.00 e. The van der Waals surface area contributed by atoms with Crippen LogP contribution in [0.1, 0.15) is 5.56 Å². The first kappa shape index (κ1) is 20.1. The van der Waals surface area contributed by atoms with Crippen LogP contribution in [0.4, 0.5) is 13.6 Å². The molecule has 0 saturated carbocycles. The molecule has 0 N–H and O–H groups in total. The molecule has 0 unspecified atom stereocenters. The van der Waals surface area contributed by atoms with Gasteiger partial charge in [0.25, 0.3) is 0 Å². The van der Waals surface area contributed by atoms with E-state index in [1.165, 1.54) is 6.08 Å². The van der Waals surface area contributed by atoms with Gasteiger partial charge in [-0.3, -0.25) is 0 Å². The number of halogens is 3. The van der Waals surface area contributed by atoms with E-state index < -0.39 is 13.3 Å². The van der Waals surface area contributed by atoms with Gasteiger partial charge in [-0.25, -0.2) is 0 Å². The van der Waals surface area contributed by atoms with Crippen molar-refractivity contribution < 1.29 is 56.9 Å². The summed E-state index contributed by atoms with van der Waals surface area (Å²) in [5.74, 6) is -1.17. The minimum atomic E-state index is -2.51. The van der Waals surface area contributed by atoms with E-state index in [9.17, 15) is 23.5 Å². The van der Waals surface area contributed by atoms with Crippen molar-refractivity contribution in [2.45, 2.75) is 0 Å². The maximum absolute atomic E-state index is 10.4. The van der Waals surface area contributed by atoms with Crippen LogP contribution in [-0.4, -0.2) is 13.3 Å². The van der Waals surface area contributed by atoms with E-state index in [2.05, 4.69) is 14.6 Å². The zero-order chi connectivity index (χ0) is 13.8. The zero-order valence-corrected chi connectivity index (χ0v) is 9.79. The monoisotopic (exact) mass is 270 g/mol. The van der Waals surface area contributed by atoms with Crippen LogP contribution in [0, 0.1) is 0 Å². The van der Waals surface area contributed by atoms with Gasteiger partial charge < -0.3 is 9.90 Å². The Morgan fingerprint density at radius 1 is 1.11 bits per heavy atom. The van der Waals surface area contributed by atoms with Crippen molar-refractivity contribution in [1.82, 2.24) is 0 Å². The average Bonchev–Trinajstić information content (AvgIpc) is 2.40. The van der Waals surface area contributed by atoms with Crippen LogP contribution in [0.2, 0.25) is 0 Å². The topological polar surface area (TPSA) is 67.8 Å². The second-order valence-electron chi connectivity index (χ2n) is 2.62. The summed E-state index contributed by atoms with van der Waals surface area (Å²) in [5, 5.41) is 9.97. The van der Waals surface area contributed by atoms with E-state index in [-0.39, 0.29) is 18.9 Å². The standard InChI is InChI=1S/C9H8O2.BF3O3.Li/c10-9(11)7-6-8-4-2-1-3-5-8;2-5-1(6-3)7-4;/h1-7H,(H,10,11);;/q;;+1/p-1/b7-6+;;. The molecule has 0 heterocycles. The van der Waals surface area contributed by atoms with Gasteiger partial charge in [-0.05, 0) is 11.6 Å². The van der Waals surface area contributed by atoms with Gasteiger partial charge in [-0.1, -0.05) is 50.0 Å². The maximum atomic E-state index is 10.4. The van der Waals surface area contributed by atoms with Gasteiger partial charge in [0, 0.05) is 0 Å². The van der Waals surface area contributed by atoms with Crippen LogP contribution >= 0.6 is 0 Å². The first-order chi connectivity index (χ1) is 8.63. The summed E-state index contributed by atoms with van der Waals surface area (Å²) in [5.41, 5.74) is 0.858. The van der Waals surface area contributed by atoms with E-state index >= 15 is 0 Å². The van der Waals surface area contributed by atoms with Gasteiger partial charge >= 0.3 is 26.2 Å². The molecular formula is C9H7BF3LiO5. The molecule has 0 fully saturated rings. The van der Waals surface area contributed by atoms with E-state index in [0.29, 0.717) is 0 Å². The Morgan fingerprint density at radius 2 is 1.58 bits per heavy atom. The number of rotatable bonds is 5. The molecule has 0 aromatic heterocycles. The van der Waals surface area contributed by atoms with Gasteiger partial charge in [-0.2, -0.15) is 14.6 Å². The first-order valence-corrected chi connectivity index (χ1v) is 4.40. The first-order valence-electron chi connectivity index (χ1n) is 4.40. The van der Waals surface area contributed by atoms with E-state index in [0.717, 1.165) is 11.6 Å². The number of carboxylic acids is 1. The van der Waals surface area contributed by atoms with Crippen molar-refractivity contribution in [2.24, 2.45) is 0 Å². The summed E-state index contributed by atoms with van der Waals surface area (Å²) in [6.45, 7) is 0. The minimum absolute atomic E-state index is 0. The molecule has 98 valence electrons. The normalized spacial score (nSPS) is 9.21. The molecule has 5 nitrogen and oxygen atoms in total. The van der Waals surface area contributed by atoms with Gasteiger partial charge in [-0.15, -0.1) is 0 Å². The van der Waals surface area contributed by atoms with Crippen LogP contribution in [0.5, 0.6) is 0 Å². The molecule has 0 bridgehead atoms. The number of carbonyl (C=O) groups is 1. The SMILES string of the molecule is FOB(OF)OF.O=C([O-])/C=C/c1ccccc1.[Li+]. The molecular weight excluding hydrogens is 263 g/mol. The third-order valence-corrected chi connectivity index (χ3v) is 1.43. The molecule has 0 aliphatic carbocycles. The number of carbonyl (C=O) groups excluding carboxylic acids is 1. The molecule has 10 heteroatoms. The van der Waals surface area contributed by atoms with Gasteiger partial charge in [0.2, 0.25) is 0 Å². The number of hydrogen-bond acceptors (Lipinski definition) is 5. The molecule has 0 spiro atoms. The van der Waals surface area contributed by atoms with Crippen molar-refractivity contribution >= 4 is 19.4 Å². The van der Waals surface area contributed by atoms with E-state index in [4.69, 9.17) is 0 Å². The van der Waals surface area contributed by atoms with Crippen molar-refractivity contribution in [3.8, 4) is 0 Å². The van der Waals surface area contributed by atoms with Crippen molar-refractivity contribution in [3.05, 3.63) is 42.0 Å². The molecule has 1 aromatic rings. The molecule has 19 heavy (non-hydrogen) atoms. The Morgan fingerprint density at radius 3 is 1.89 bits per heavy atom. The smallest absolute Gasteiger partial charge is 0.545 e. The van der Waals surface area contributed by atoms with E-state index in [1.807, 2.05) is 30.3 Å². The summed E-state index contributed by atoms with van der Waals surface area (Å²) < 4.78 is 31.3. The third kappa shape index (κ3) is 11.6. The van der Waals surface area contributed by atoms with Crippen molar-refractivity contribution in [1.29, 1.82) is 0 Å². The summed E-state index contributed by atoms with van der Waals surface area (Å²) in [7, 11) is -2.51. The fourth-order valence-corrected chi connectivity index (χ4v) is 0.770. The minimum Gasteiger partial charge on any atom is -0.545 e. The number of aliphatic carboxylic acids is 1. The van der Waals surface area contributed by atoms with Crippen molar-refractivity contribution in [2.75, 3.05) is 0 Å². The van der Waals surface area contributed by atoms with Gasteiger partial charge in [0.15, 0.2) is 0 Å². The van der Waals surface area contributed by atoms with Crippen LogP contribution in [-0.2, 0) is 19.4 Å². The van der Waals surface area contributed by atoms with Gasteiger partial charge in [0.05, 0.1) is 5.97 Å². The molecule has 0 radical (unpaired) electrons. The second kappa shape index (κ2) is 13.2. The quantitative estimate of drug-likeness (QED) is 0.463. The molecule has 1 aromatic carbocycles. The average molecular weight is 270 g/mol. The maximum Gasteiger partial charge on any atom is 1.00 e. The molecule has 0 aliphatic rings. The fraction of sp³-hybridized carbons (Fsp3) is 0. The Kier molecular flexibility index (Phi) is 14.0. The predicted octanol–water partition coefficient (Wildman–Crippen LogP) is -1.87. The summed E-state index contributed by atoms with van der Waals surface area (Å²) >= 11 is 0. The van der Waals surface area contributed by atoms with Crippen LogP contribution in [0.15, 0.2) is 36.4 Å². The predicted molar refractivity (Wildman–Crippen MR) is 52.8 cm³/mol. The van der Waals surface area contributed by atoms with Gasteiger partial charge in [0.1, 0.15) is 0 Å². The number of benzene rings is 1. The van der Waals surface area contributed by atoms with Crippen LogP contribution < -0.4 is 24.0 Å². The summed E-state index contributed by atoms with van der Waals surface area (Å²) in [4.78, 5) is 17.0. The number of hydrogen-bond donors (Lipinski definition) is 0. The Balaban J connectivity index is 0.